The van der Waals surface area contributed by atoms with Gasteiger partial charge in [-0.25, -0.2) is 4.98 Å². The summed E-state index contributed by atoms with van der Waals surface area (Å²) in [4.78, 5) is 18.1. The zero-order chi connectivity index (χ0) is 24.2. The second kappa shape index (κ2) is 10.4. The van der Waals surface area contributed by atoms with Crippen LogP contribution in [0, 0.1) is 13.8 Å². The predicted molar refractivity (Wildman–Crippen MR) is 142 cm³/mol. The molecule has 34 heavy (non-hydrogen) atoms. The lowest BCUT2D eigenvalue weighted by Crippen LogP contribution is -2.22. The fourth-order valence-electron chi connectivity index (χ4n) is 4.10. The molecule has 176 valence electrons. The molecule has 0 aliphatic carbocycles. The Hall–Kier alpha value is -3.19. The van der Waals surface area contributed by atoms with E-state index in [1.807, 2.05) is 43.3 Å². The number of fused-ring (bicyclic) bond motifs is 1. The van der Waals surface area contributed by atoms with Gasteiger partial charge in [0, 0.05) is 33.5 Å². The average Bonchev–Trinajstić information content (AvgIpc) is 3.11. The van der Waals surface area contributed by atoms with Gasteiger partial charge in [-0.15, -0.1) is 0 Å². The number of hydrogen-bond acceptors (Lipinski definition) is 4. The van der Waals surface area contributed by atoms with E-state index in [1.54, 1.807) is 12.3 Å². The molecule has 0 atom stereocenters. The molecular weight excluding hydrogens is 492 g/mol. The quantitative estimate of drug-likeness (QED) is 0.260. The van der Waals surface area contributed by atoms with Crippen LogP contribution in [-0.4, -0.2) is 27.0 Å². The Morgan fingerprint density at radius 3 is 2.56 bits per heavy atom. The van der Waals surface area contributed by atoms with Gasteiger partial charge in [0.05, 0.1) is 23.7 Å². The number of rotatable bonds is 8. The Kier molecular flexibility index (Phi) is 7.32. The summed E-state index contributed by atoms with van der Waals surface area (Å²) in [5.41, 5.74) is 4.67. The van der Waals surface area contributed by atoms with Crippen LogP contribution in [0.4, 0.5) is 0 Å². The number of ether oxygens (including phenoxy) is 1. The third kappa shape index (κ3) is 4.85. The number of aromatic nitrogens is 3. The monoisotopic (exact) mass is 520 g/mol. The molecule has 0 bridgehead atoms. The number of hydrogen-bond donors (Lipinski definition) is 0. The molecule has 0 aliphatic heterocycles. The van der Waals surface area contributed by atoms with E-state index >= 15 is 0 Å². The second-order valence-electron chi connectivity index (χ2n) is 8.24. The number of nitrogens with zero attached hydrogens (tertiary/aromatic N) is 4. The first kappa shape index (κ1) is 24.0. The molecule has 4 aromatic rings. The van der Waals surface area contributed by atoms with Gasteiger partial charge in [-0.2, -0.15) is 9.78 Å². The molecule has 0 unspecified atom stereocenters. The highest BCUT2D eigenvalue weighted by Crippen LogP contribution is 2.22. The lowest BCUT2D eigenvalue weighted by molar-refractivity contribution is 0.340. The van der Waals surface area contributed by atoms with Crippen molar-refractivity contribution in [1.82, 2.24) is 14.2 Å². The molecule has 0 saturated carbocycles. The molecule has 7 heteroatoms. The van der Waals surface area contributed by atoms with Crippen molar-refractivity contribution in [2.45, 2.75) is 47.0 Å². The van der Waals surface area contributed by atoms with Crippen LogP contribution in [0.15, 0.2) is 62.9 Å². The van der Waals surface area contributed by atoms with Gasteiger partial charge in [0.1, 0.15) is 11.6 Å². The molecule has 0 N–H and O–H groups in total. The summed E-state index contributed by atoms with van der Waals surface area (Å²) in [5, 5.41) is 5.17. The van der Waals surface area contributed by atoms with Crippen molar-refractivity contribution >= 4 is 33.0 Å². The van der Waals surface area contributed by atoms with Gasteiger partial charge in [-0.05, 0) is 75.7 Å². The summed E-state index contributed by atoms with van der Waals surface area (Å²) in [6.07, 6.45) is 4.41. The first-order chi connectivity index (χ1) is 16.4. The maximum absolute atomic E-state index is 13.3. The Morgan fingerprint density at radius 2 is 1.85 bits per heavy atom. The highest BCUT2D eigenvalue weighted by atomic mass is 79.9. The number of halogens is 1. The minimum Gasteiger partial charge on any atom is -0.494 e. The van der Waals surface area contributed by atoms with Gasteiger partial charge in [0.2, 0.25) is 0 Å². The number of aryl methyl sites for hydroxylation is 2. The van der Waals surface area contributed by atoms with Crippen molar-refractivity contribution in [3.63, 3.8) is 0 Å². The smallest absolute Gasteiger partial charge is 0.282 e. The standard InChI is InChI=1S/C27H29BrN4O2/c1-5-7-8-26-30-25-14-9-21(28)16-24(25)27(33)32(26)29-17-20-15-18(3)31(19(20)4)22-10-12-23(13-11-22)34-6-2/h9-17H,5-8H2,1-4H3. The largest absolute Gasteiger partial charge is 0.494 e. The first-order valence-corrected chi connectivity index (χ1v) is 12.4. The predicted octanol–water partition coefficient (Wildman–Crippen LogP) is 6.19. The van der Waals surface area contributed by atoms with Crippen LogP contribution >= 0.6 is 15.9 Å². The summed E-state index contributed by atoms with van der Waals surface area (Å²) < 4.78 is 10.0. The van der Waals surface area contributed by atoms with Gasteiger partial charge in [-0.1, -0.05) is 29.3 Å². The molecule has 0 fully saturated rings. The van der Waals surface area contributed by atoms with Gasteiger partial charge in [0.25, 0.3) is 5.56 Å². The topological polar surface area (TPSA) is 61.4 Å². The van der Waals surface area contributed by atoms with E-state index in [1.165, 1.54) is 4.68 Å². The van der Waals surface area contributed by atoms with E-state index in [9.17, 15) is 4.79 Å². The molecule has 4 rings (SSSR count). The molecule has 0 radical (unpaired) electrons. The van der Waals surface area contributed by atoms with E-state index in [4.69, 9.17) is 9.72 Å². The average molecular weight is 521 g/mol. The third-order valence-corrected chi connectivity index (χ3v) is 6.31. The van der Waals surface area contributed by atoms with Crippen molar-refractivity contribution < 1.29 is 4.74 Å². The molecular formula is C27H29BrN4O2. The molecule has 2 aromatic carbocycles. The highest BCUT2D eigenvalue weighted by Gasteiger charge is 2.13. The van der Waals surface area contributed by atoms with Crippen LogP contribution in [0.25, 0.3) is 16.6 Å². The molecule has 0 amide bonds. The van der Waals surface area contributed by atoms with E-state index in [0.29, 0.717) is 29.8 Å². The summed E-state index contributed by atoms with van der Waals surface area (Å²) >= 11 is 3.46. The van der Waals surface area contributed by atoms with Gasteiger partial charge >= 0.3 is 0 Å². The lowest BCUT2D eigenvalue weighted by atomic mass is 10.2. The molecule has 0 spiro atoms. The Bertz CT molecular complexity index is 1400. The van der Waals surface area contributed by atoms with Crippen LogP contribution in [0.2, 0.25) is 0 Å². The van der Waals surface area contributed by atoms with E-state index < -0.39 is 0 Å². The number of unbranched alkanes of at least 4 members (excludes halogenated alkanes) is 1. The second-order valence-corrected chi connectivity index (χ2v) is 9.16. The maximum Gasteiger partial charge on any atom is 0.282 e. The highest BCUT2D eigenvalue weighted by molar-refractivity contribution is 9.10. The van der Waals surface area contributed by atoms with Gasteiger partial charge in [0.15, 0.2) is 0 Å². The zero-order valence-electron chi connectivity index (χ0n) is 20.0. The zero-order valence-corrected chi connectivity index (χ0v) is 21.6. The maximum atomic E-state index is 13.3. The SMILES string of the molecule is CCCCc1nc2ccc(Br)cc2c(=O)n1N=Cc1cc(C)n(-c2ccc(OCC)cc2)c1C. The minimum absolute atomic E-state index is 0.158. The Morgan fingerprint density at radius 1 is 1.09 bits per heavy atom. The minimum atomic E-state index is -0.158. The van der Waals surface area contributed by atoms with Crippen molar-refractivity contribution in [1.29, 1.82) is 0 Å². The molecule has 0 aliphatic rings. The lowest BCUT2D eigenvalue weighted by Gasteiger charge is -2.11. The summed E-state index contributed by atoms with van der Waals surface area (Å²) in [7, 11) is 0. The Balaban J connectivity index is 1.75. The Labute approximate surface area is 208 Å². The van der Waals surface area contributed by atoms with Crippen molar-refractivity contribution in [2.75, 3.05) is 6.61 Å². The van der Waals surface area contributed by atoms with Crippen LogP contribution in [0.1, 0.15) is 49.5 Å². The van der Waals surface area contributed by atoms with Crippen LogP contribution in [0.5, 0.6) is 5.75 Å². The molecule has 2 aromatic heterocycles. The van der Waals surface area contributed by atoms with Crippen LogP contribution < -0.4 is 10.3 Å². The van der Waals surface area contributed by atoms with Crippen LogP contribution in [-0.2, 0) is 6.42 Å². The van der Waals surface area contributed by atoms with Crippen molar-refractivity contribution in [3.05, 3.63) is 86.1 Å². The summed E-state index contributed by atoms with van der Waals surface area (Å²) in [5.74, 6) is 1.53. The summed E-state index contributed by atoms with van der Waals surface area (Å²) in [6.45, 7) is 8.86. The number of benzene rings is 2. The van der Waals surface area contributed by atoms with Crippen molar-refractivity contribution in [2.24, 2.45) is 5.10 Å². The molecule has 0 saturated heterocycles. The van der Waals surface area contributed by atoms with Gasteiger partial charge < -0.3 is 9.30 Å². The fourth-order valence-corrected chi connectivity index (χ4v) is 4.47. The van der Waals surface area contributed by atoms with Crippen LogP contribution in [0.3, 0.4) is 0 Å². The normalized spacial score (nSPS) is 11.6. The van der Waals surface area contributed by atoms with Gasteiger partial charge in [-0.3, -0.25) is 4.79 Å². The first-order valence-electron chi connectivity index (χ1n) is 11.6. The van der Waals surface area contributed by atoms with E-state index in [-0.39, 0.29) is 5.56 Å². The molecule has 2 heterocycles. The van der Waals surface area contributed by atoms with E-state index in [2.05, 4.69) is 52.4 Å². The summed E-state index contributed by atoms with van der Waals surface area (Å²) in [6, 6.07) is 15.7. The molecule has 6 nitrogen and oxygen atoms in total. The van der Waals surface area contributed by atoms with E-state index in [0.717, 1.165) is 45.7 Å². The van der Waals surface area contributed by atoms with Crippen molar-refractivity contribution in [3.8, 4) is 11.4 Å². The fraction of sp³-hybridized carbons (Fsp3) is 0.296. The third-order valence-electron chi connectivity index (χ3n) is 5.82.